The molecule has 1 aliphatic rings. The number of nitrogens with zero attached hydrogens (tertiary/aromatic N) is 1. The second kappa shape index (κ2) is 15.9. The molecule has 3 unspecified atom stereocenters. The predicted octanol–water partition coefficient (Wildman–Crippen LogP) is 5.07. The van der Waals surface area contributed by atoms with Crippen LogP contribution in [0.3, 0.4) is 0 Å². The second-order valence-corrected chi connectivity index (χ2v) is 13.2. The summed E-state index contributed by atoms with van der Waals surface area (Å²) in [6.07, 6.45) is 1.06. The van der Waals surface area contributed by atoms with Gasteiger partial charge in [0.05, 0.1) is 18.1 Å². The first kappa shape index (κ1) is 34.0. The van der Waals surface area contributed by atoms with Gasteiger partial charge in [-0.25, -0.2) is 0 Å². The minimum atomic E-state index is -0.753. The van der Waals surface area contributed by atoms with Crippen LogP contribution in [-0.2, 0) is 39.8 Å². The van der Waals surface area contributed by atoms with E-state index in [0.29, 0.717) is 18.6 Å². The molecule has 4 rings (SSSR count). The van der Waals surface area contributed by atoms with Gasteiger partial charge in [0.2, 0.25) is 12.7 Å². The summed E-state index contributed by atoms with van der Waals surface area (Å²) in [6.45, 7) is 6.47. The molecule has 3 atom stereocenters. The van der Waals surface area contributed by atoms with Crippen LogP contribution in [0.5, 0.6) is 0 Å². The zero-order valence-corrected chi connectivity index (χ0v) is 27.1. The van der Waals surface area contributed by atoms with Crippen molar-refractivity contribution in [3.63, 3.8) is 0 Å². The van der Waals surface area contributed by atoms with Crippen molar-refractivity contribution in [2.75, 3.05) is 32.2 Å². The molecule has 1 aliphatic heterocycles. The number of aryl methyl sites for hydroxylation is 1. The van der Waals surface area contributed by atoms with E-state index in [1.54, 1.807) is 39.5 Å². The zero-order chi connectivity index (χ0) is 32.4. The molecular formula is C35H42N2O7S. The number of hydrogen-bond acceptors (Lipinski definition) is 9. The Morgan fingerprint density at radius 2 is 1.67 bits per heavy atom. The molecule has 0 spiro atoms. The van der Waals surface area contributed by atoms with Gasteiger partial charge in [-0.05, 0) is 68.5 Å². The molecule has 3 aromatic rings. The van der Waals surface area contributed by atoms with Crippen LogP contribution in [0.2, 0.25) is 0 Å². The summed E-state index contributed by atoms with van der Waals surface area (Å²) >= 11 is 1.60. The van der Waals surface area contributed by atoms with E-state index in [1.165, 1.54) is 4.90 Å². The molecular weight excluding hydrogens is 592 g/mol. The van der Waals surface area contributed by atoms with Crippen LogP contribution >= 0.6 is 11.8 Å². The van der Waals surface area contributed by atoms with Gasteiger partial charge in [0.25, 0.3) is 0 Å². The normalized spacial score (nSPS) is 17.8. The number of rotatable bonds is 12. The molecule has 9 nitrogen and oxygen atoms in total. The lowest BCUT2D eigenvalue weighted by Gasteiger charge is -2.27. The molecule has 1 fully saturated rings. The standard InChI is InChI=1S/C35H42N2O7S/c1-5-42-33(40)28(18-15-24-11-7-6-8-12-24)36-29-22-45-30(27-17-16-25-13-9-10-14-26(25)19-27)20-37(32(29)39)21-31(38)43-23-44-34(41)35(2,3)4/h6-14,16-17,19,28-30,36H,5,15,18,20-23H2,1-4H3. The van der Waals surface area contributed by atoms with Crippen molar-refractivity contribution in [1.82, 2.24) is 10.2 Å². The van der Waals surface area contributed by atoms with E-state index in [2.05, 4.69) is 17.4 Å². The van der Waals surface area contributed by atoms with Gasteiger partial charge in [0.15, 0.2) is 0 Å². The number of esters is 3. The Morgan fingerprint density at radius 3 is 2.38 bits per heavy atom. The molecule has 240 valence electrons. The van der Waals surface area contributed by atoms with Crippen LogP contribution in [0.15, 0.2) is 72.8 Å². The largest absolute Gasteiger partial charge is 0.465 e. The highest BCUT2D eigenvalue weighted by Gasteiger charge is 2.36. The van der Waals surface area contributed by atoms with E-state index < -0.39 is 42.2 Å². The first-order chi connectivity index (χ1) is 21.5. The van der Waals surface area contributed by atoms with E-state index in [9.17, 15) is 19.2 Å². The van der Waals surface area contributed by atoms with Gasteiger partial charge in [-0.2, -0.15) is 0 Å². The van der Waals surface area contributed by atoms with Crippen molar-refractivity contribution in [2.45, 2.75) is 57.9 Å². The number of carbonyl (C=O) groups is 4. The van der Waals surface area contributed by atoms with Gasteiger partial charge in [0, 0.05) is 17.5 Å². The number of nitrogens with one attached hydrogen (secondary N) is 1. The zero-order valence-electron chi connectivity index (χ0n) is 26.3. The SMILES string of the molecule is CCOC(=O)C(CCc1ccccc1)NC1CSC(c2ccc3ccccc3c2)CN(CC(=O)OCOC(=O)C(C)(C)C)C1=O. The summed E-state index contributed by atoms with van der Waals surface area (Å²) in [5.74, 6) is -1.55. The first-order valence-electron chi connectivity index (χ1n) is 15.2. The van der Waals surface area contributed by atoms with Crippen molar-refractivity contribution in [3.8, 4) is 0 Å². The topological polar surface area (TPSA) is 111 Å². The van der Waals surface area contributed by atoms with Crippen LogP contribution in [0, 0.1) is 5.41 Å². The van der Waals surface area contributed by atoms with Crippen LogP contribution in [-0.4, -0.2) is 73.0 Å². The van der Waals surface area contributed by atoms with Gasteiger partial charge in [-0.3, -0.25) is 24.5 Å². The number of thioether (sulfide) groups is 1. The quantitative estimate of drug-likeness (QED) is 0.216. The summed E-state index contributed by atoms with van der Waals surface area (Å²) in [5, 5.41) is 5.32. The van der Waals surface area contributed by atoms with Crippen molar-refractivity contribution in [3.05, 3.63) is 83.9 Å². The van der Waals surface area contributed by atoms with Crippen molar-refractivity contribution < 1.29 is 33.4 Å². The number of benzene rings is 3. The molecule has 3 aromatic carbocycles. The van der Waals surface area contributed by atoms with E-state index >= 15 is 0 Å². The maximum atomic E-state index is 14.0. The molecule has 0 radical (unpaired) electrons. The number of carbonyl (C=O) groups excluding carboxylic acids is 4. The Kier molecular flexibility index (Phi) is 12.0. The maximum absolute atomic E-state index is 14.0. The maximum Gasteiger partial charge on any atom is 0.328 e. The Balaban J connectivity index is 1.53. The summed E-state index contributed by atoms with van der Waals surface area (Å²) in [5.41, 5.74) is 1.35. The highest BCUT2D eigenvalue weighted by Crippen LogP contribution is 2.35. The molecule has 0 aliphatic carbocycles. The van der Waals surface area contributed by atoms with Crippen LogP contribution in [0.4, 0.5) is 0 Å². The third kappa shape index (κ3) is 9.80. The smallest absolute Gasteiger partial charge is 0.328 e. The fourth-order valence-corrected chi connectivity index (χ4v) is 6.28. The molecule has 0 bridgehead atoms. The summed E-state index contributed by atoms with van der Waals surface area (Å²) in [7, 11) is 0. The van der Waals surface area contributed by atoms with E-state index in [0.717, 1.165) is 21.9 Å². The lowest BCUT2D eigenvalue weighted by atomic mass is 9.98. The van der Waals surface area contributed by atoms with Crippen LogP contribution < -0.4 is 5.32 Å². The third-order valence-electron chi connectivity index (χ3n) is 7.49. The summed E-state index contributed by atoms with van der Waals surface area (Å²) in [6, 6.07) is 22.6. The lowest BCUT2D eigenvalue weighted by molar-refractivity contribution is -0.174. The summed E-state index contributed by atoms with van der Waals surface area (Å²) in [4.78, 5) is 53.4. The molecule has 1 amide bonds. The highest BCUT2D eigenvalue weighted by molar-refractivity contribution is 7.99. The third-order valence-corrected chi connectivity index (χ3v) is 8.84. The van der Waals surface area contributed by atoms with Gasteiger partial charge in [0.1, 0.15) is 12.6 Å². The molecule has 1 N–H and O–H groups in total. The molecule has 1 heterocycles. The number of hydrogen-bond donors (Lipinski definition) is 1. The monoisotopic (exact) mass is 634 g/mol. The second-order valence-electron chi connectivity index (χ2n) is 12.0. The average molecular weight is 635 g/mol. The number of fused-ring (bicyclic) bond motifs is 1. The first-order valence-corrected chi connectivity index (χ1v) is 16.3. The lowest BCUT2D eigenvalue weighted by Crippen LogP contribution is -2.54. The van der Waals surface area contributed by atoms with E-state index in [-0.39, 0.29) is 30.9 Å². The highest BCUT2D eigenvalue weighted by atomic mass is 32.2. The number of amides is 1. The minimum Gasteiger partial charge on any atom is -0.465 e. The number of ether oxygens (including phenoxy) is 3. The van der Waals surface area contributed by atoms with Crippen molar-refractivity contribution >= 4 is 46.3 Å². The average Bonchev–Trinajstić information content (AvgIpc) is 3.17. The Bertz CT molecular complexity index is 1470. The Hall–Kier alpha value is -3.89. The minimum absolute atomic E-state index is 0.137. The van der Waals surface area contributed by atoms with Gasteiger partial charge in [-0.1, -0.05) is 66.7 Å². The van der Waals surface area contributed by atoms with Crippen molar-refractivity contribution in [1.29, 1.82) is 0 Å². The fraction of sp³-hybridized carbons (Fsp3) is 0.429. The van der Waals surface area contributed by atoms with Gasteiger partial charge >= 0.3 is 17.9 Å². The molecule has 1 saturated heterocycles. The molecule has 0 saturated carbocycles. The van der Waals surface area contributed by atoms with Crippen LogP contribution in [0.25, 0.3) is 10.8 Å². The van der Waals surface area contributed by atoms with Gasteiger partial charge in [-0.15, -0.1) is 11.8 Å². The fourth-order valence-electron chi connectivity index (χ4n) is 5.00. The predicted molar refractivity (Wildman–Crippen MR) is 174 cm³/mol. The molecule has 0 aromatic heterocycles. The van der Waals surface area contributed by atoms with Crippen molar-refractivity contribution in [2.24, 2.45) is 5.41 Å². The van der Waals surface area contributed by atoms with Crippen LogP contribution in [0.1, 0.15) is 50.5 Å². The van der Waals surface area contributed by atoms with E-state index in [4.69, 9.17) is 14.2 Å². The van der Waals surface area contributed by atoms with E-state index in [1.807, 2.05) is 60.7 Å². The summed E-state index contributed by atoms with van der Waals surface area (Å²) < 4.78 is 15.6. The molecule has 10 heteroatoms. The molecule has 45 heavy (non-hydrogen) atoms. The Morgan fingerprint density at radius 1 is 0.956 bits per heavy atom. The van der Waals surface area contributed by atoms with Gasteiger partial charge < -0.3 is 19.1 Å². The Labute approximate surface area is 269 Å².